The minimum absolute atomic E-state index is 0.00111. The summed E-state index contributed by atoms with van der Waals surface area (Å²) in [4.78, 5) is 22.7. The second-order valence-corrected chi connectivity index (χ2v) is 6.20. The van der Waals surface area contributed by atoms with Gasteiger partial charge < -0.3 is 10.2 Å². The third-order valence-corrected chi connectivity index (χ3v) is 4.41. The van der Waals surface area contributed by atoms with Crippen LogP contribution in [0.3, 0.4) is 0 Å². The highest BCUT2D eigenvalue weighted by Gasteiger charge is 2.23. The predicted molar refractivity (Wildman–Crippen MR) is 90.5 cm³/mol. The minimum atomic E-state index is -0.456. The largest absolute Gasteiger partial charge is 0.353 e. The van der Waals surface area contributed by atoms with Crippen LogP contribution < -0.4 is 10.2 Å². The Bertz CT molecular complexity index is 693. The van der Waals surface area contributed by atoms with Crippen molar-refractivity contribution in [2.75, 3.05) is 18.0 Å². The van der Waals surface area contributed by atoms with Gasteiger partial charge in [-0.25, -0.2) is 9.37 Å². The average molecular weight is 349 g/mol. The Hall–Kier alpha value is -2.21. The molecule has 2 aromatic rings. The topological polar surface area (TPSA) is 58.1 Å². The summed E-state index contributed by atoms with van der Waals surface area (Å²) in [6.07, 6.45) is 6.76. The van der Waals surface area contributed by atoms with E-state index >= 15 is 0 Å². The van der Waals surface area contributed by atoms with E-state index in [1.165, 1.54) is 12.1 Å². The van der Waals surface area contributed by atoms with E-state index in [0.717, 1.165) is 25.2 Å². The summed E-state index contributed by atoms with van der Waals surface area (Å²) < 4.78 is 13.8. The van der Waals surface area contributed by atoms with Crippen molar-refractivity contribution in [3.05, 3.63) is 53.2 Å². The summed E-state index contributed by atoms with van der Waals surface area (Å²) in [6, 6.07) is 4.42. The molecule has 1 aliphatic heterocycles. The lowest BCUT2D eigenvalue weighted by Gasteiger charge is -2.33. The number of halogens is 2. The van der Waals surface area contributed by atoms with E-state index < -0.39 is 5.82 Å². The first-order chi connectivity index (χ1) is 11.6. The van der Waals surface area contributed by atoms with Crippen LogP contribution in [0.2, 0.25) is 5.02 Å². The highest BCUT2D eigenvalue weighted by Crippen LogP contribution is 2.20. The standard InChI is InChI=1S/C17H18ClFN4O/c18-14-4-1-5-15(19)13(14)9-17(24)22-12-3-2-8-23(11-12)16-10-20-6-7-21-16/h1,4-7,10,12H,2-3,8-9,11H2,(H,22,24)/t12-/m1/s1. The van der Waals surface area contributed by atoms with Crippen molar-refractivity contribution in [3.8, 4) is 0 Å². The molecule has 0 aliphatic carbocycles. The average Bonchev–Trinajstić information content (AvgIpc) is 2.59. The first-order valence-corrected chi connectivity index (χ1v) is 8.24. The Kier molecular flexibility index (Phi) is 5.25. The lowest BCUT2D eigenvalue weighted by atomic mass is 10.0. The van der Waals surface area contributed by atoms with Crippen molar-refractivity contribution in [2.45, 2.75) is 25.3 Å². The Balaban J connectivity index is 1.60. The number of rotatable bonds is 4. The van der Waals surface area contributed by atoms with E-state index in [0.29, 0.717) is 6.54 Å². The molecule has 0 spiro atoms. The number of amides is 1. The predicted octanol–water partition coefficient (Wildman–Crippen LogP) is 2.60. The highest BCUT2D eigenvalue weighted by molar-refractivity contribution is 6.31. The zero-order valence-electron chi connectivity index (χ0n) is 13.1. The van der Waals surface area contributed by atoms with Gasteiger partial charge >= 0.3 is 0 Å². The quantitative estimate of drug-likeness (QED) is 0.922. The van der Waals surface area contributed by atoms with Crippen molar-refractivity contribution in [3.63, 3.8) is 0 Å². The number of piperidine rings is 1. The third-order valence-electron chi connectivity index (χ3n) is 4.06. The van der Waals surface area contributed by atoms with Crippen LogP contribution in [-0.2, 0) is 11.2 Å². The van der Waals surface area contributed by atoms with Gasteiger partial charge in [-0.05, 0) is 25.0 Å². The number of hydrogen-bond donors (Lipinski definition) is 1. The number of anilines is 1. The molecular formula is C17H18ClFN4O. The smallest absolute Gasteiger partial charge is 0.224 e. The summed E-state index contributed by atoms with van der Waals surface area (Å²) in [5.74, 6) is 0.115. The molecule has 0 radical (unpaired) electrons. The molecule has 1 N–H and O–H groups in total. The van der Waals surface area contributed by atoms with E-state index in [4.69, 9.17) is 11.6 Å². The molecule has 1 amide bonds. The maximum absolute atomic E-state index is 13.8. The van der Waals surface area contributed by atoms with Crippen LogP contribution in [0.1, 0.15) is 18.4 Å². The van der Waals surface area contributed by atoms with Gasteiger partial charge in [-0.1, -0.05) is 17.7 Å². The lowest BCUT2D eigenvalue weighted by molar-refractivity contribution is -0.121. The van der Waals surface area contributed by atoms with Gasteiger partial charge in [0.15, 0.2) is 0 Å². The zero-order chi connectivity index (χ0) is 16.9. The fourth-order valence-electron chi connectivity index (χ4n) is 2.90. The van der Waals surface area contributed by atoms with Gasteiger partial charge in [0.25, 0.3) is 0 Å². The maximum atomic E-state index is 13.8. The van der Waals surface area contributed by atoms with Gasteiger partial charge in [0, 0.05) is 42.1 Å². The van der Waals surface area contributed by atoms with Crippen molar-refractivity contribution >= 4 is 23.3 Å². The molecule has 3 rings (SSSR count). The van der Waals surface area contributed by atoms with E-state index in [9.17, 15) is 9.18 Å². The van der Waals surface area contributed by atoms with Crippen LogP contribution in [0.4, 0.5) is 10.2 Å². The maximum Gasteiger partial charge on any atom is 0.224 e. The van der Waals surface area contributed by atoms with Crippen LogP contribution in [0.25, 0.3) is 0 Å². The van der Waals surface area contributed by atoms with Gasteiger partial charge in [0.1, 0.15) is 11.6 Å². The molecule has 1 aliphatic rings. The number of aromatic nitrogens is 2. The van der Waals surface area contributed by atoms with Gasteiger partial charge in [0.2, 0.25) is 5.91 Å². The monoisotopic (exact) mass is 348 g/mol. The molecule has 1 atom stereocenters. The number of benzene rings is 1. The molecule has 24 heavy (non-hydrogen) atoms. The van der Waals surface area contributed by atoms with Crippen LogP contribution in [-0.4, -0.2) is 35.0 Å². The second kappa shape index (κ2) is 7.57. The third kappa shape index (κ3) is 4.00. The van der Waals surface area contributed by atoms with Crippen molar-refractivity contribution in [2.24, 2.45) is 0 Å². The SMILES string of the molecule is O=C(Cc1c(F)cccc1Cl)N[C@@H]1CCCN(c2cnccn2)C1. The molecule has 0 saturated carbocycles. The Labute approximate surface area is 144 Å². The number of hydrogen-bond acceptors (Lipinski definition) is 4. The lowest BCUT2D eigenvalue weighted by Crippen LogP contribution is -2.48. The van der Waals surface area contributed by atoms with Crippen LogP contribution in [0.5, 0.6) is 0 Å². The molecule has 0 bridgehead atoms. The summed E-state index contributed by atoms with van der Waals surface area (Å²) in [6.45, 7) is 1.54. The summed E-state index contributed by atoms with van der Waals surface area (Å²) in [5, 5.41) is 3.24. The molecule has 1 aromatic carbocycles. The summed E-state index contributed by atoms with van der Waals surface area (Å²) >= 11 is 5.98. The van der Waals surface area contributed by atoms with Crippen LogP contribution in [0.15, 0.2) is 36.8 Å². The first kappa shape index (κ1) is 16.6. The Morgan fingerprint density at radius 2 is 2.29 bits per heavy atom. The number of nitrogens with zero attached hydrogens (tertiary/aromatic N) is 3. The van der Waals surface area contributed by atoms with E-state index in [1.807, 2.05) is 0 Å². The molecule has 1 fully saturated rings. The van der Waals surface area contributed by atoms with Crippen LogP contribution in [0, 0.1) is 5.82 Å². The van der Waals surface area contributed by atoms with Gasteiger partial charge in [0.05, 0.1) is 12.6 Å². The van der Waals surface area contributed by atoms with E-state index in [2.05, 4.69) is 20.2 Å². The molecule has 1 aromatic heterocycles. The van der Waals surface area contributed by atoms with Gasteiger partial charge in [-0.15, -0.1) is 0 Å². The minimum Gasteiger partial charge on any atom is -0.353 e. The van der Waals surface area contributed by atoms with Crippen molar-refractivity contribution in [1.29, 1.82) is 0 Å². The molecular weight excluding hydrogens is 331 g/mol. The fourth-order valence-corrected chi connectivity index (χ4v) is 3.13. The van der Waals surface area contributed by atoms with E-state index in [-0.39, 0.29) is 29.0 Å². The number of nitrogens with one attached hydrogen (secondary N) is 1. The highest BCUT2D eigenvalue weighted by atomic mass is 35.5. The molecule has 1 saturated heterocycles. The molecule has 7 heteroatoms. The second-order valence-electron chi connectivity index (χ2n) is 5.79. The van der Waals surface area contributed by atoms with Gasteiger partial charge in [-0.3, -0.25) is 9.78 Å². The zero-order valence-corrected chi connectivity index (χ0v) is 13.8. The number of carbonyl (C=O) groups excluding carboxylic acids is 1. The first-order valence-electron chi connectivity index (χ1n) is 7.86. The van der Waals surface area contributed by atoms with E-state index in [1.54, 1.807) is 24.7 Å². The molecule has 5 nitrogen and oxygen atoms in total. The van der Waals surface area contributed by atoms with Crippen LogP contribution >= 0.6 is 11.6 Å². The Morgan fingerprint density at radius 1 is 1.42 bits per heavy atom. The summed E-state index contributed by atoms with van der Waals surface area (Å²) in [7, 11) is 0. The Morgan fingerprint density at radius 3 is 3.04 bits per heavy atom. The van der Waals surface area contributed by atoms with Crippen molar-refractivity contribution in [1.82, 2.24) is 15.3 Å². The normalized spacial score (nSPS) is 17.6. The molecule has 2 heterocycles. The van der Waals surface area contributed by atoms with Gasteiger partial charge in [-0.2, -0.15) is 0 Å². The molecule has 126 valence electrons. The summed E-state index contributed by atoms with van der Waals surface area (Å²) in [5.41, 5.74) is 0.234. The molecule has 0 unspecified atom stereocenters. The van der Waals surface area contributed by atoms with Crippen molar-refractivity contribution < 1.29 is 9.18 Å². The number of carbonyl (C=O) groups is 1. The fraction of sp³-hybridized carbons (Fsp3) is 0.353.